The Kier molecular flexibility index (Phi) is 6.59. The molecular weight excluding hydrogens is 530 g/mol. The van der Waals surface area contributed by atoms with Gasteiger partial charge in [0.25, 0.3) is 5.91 Å². The van der Waals surface area contributed by atoms with Crippen molar-refractivity contribution in [2.75, 3.05) is 50.8 Å². The minimum Gasteiger partial charge on any atom is -0.387 e. The summed E-state index contributed by atoms with van der Waals surface area (Å²) in [6, 6.07) is 4.17. The number of amides is 2. The molecular formula is C28H33F4N5O3. The topological polar surface area (TPSA) is 81.9 Å². The summed E-state index contributed by atoms with van der Waals surface area (Å²) in [6.07, 6.45) is -2.29. The molecule has 12 heteroatoms. The molecule has 1 N–H and O–H groups in total. The van der Waals surface area contributed by atoms with Crippen molar-refractivity contribution in [2.24, 2.45) is 5.92 Å². The van der Waals surface area contributed by atoms with Gasteiger partial charge >= 0.3 is 6.18 Å². The minimum absolute atomic E-state index is 0.000752. The second kappa shape index (κ2) is 9.74. The van der Waals surface area contributed by atoms with E-state index < -0.39 is 24.0 Å². The number of aliphatic hydroxyl groups is 1. The number of carbonyl (C=O) groups is 2. The summed E-state index contributed by atoms with van der Waals surface area (Å²) in [6.45, 7) is 2.73. The van der Waals surface area contributed by atoms with Crippen LogP contribution in [0.5, 0.6) is 0 Å². The monoisotopic (exact) mass is 563 g/mol. The van der Waals surface area contributed by atoms with E-state index in [1.165, 1.54) is 13.0 Å². The Morgan fingerprint density at radius 1 is 1.07 bits per heavy atom. The minimum atomic E-state index is -4.42. The van der Waals surface area contributed by atoms with Gasteiger partial charge in [0.05, 0.1) is 11.2 Å². The van der Waals surface area contributed by atoms with Crippen LogP contribution >= 0.6 is 0 Å². The van der Waals surface area contributed by atoms with Crippen LogP contribution in [0.2, 0.25) is 0 Å². The van der Waals surface area contributed by atoms with Crippen molar-refractivity contribution in [3.05, 3.63) is 46.3 Å². The van der Waals surface area contributed by atoms with Crippen LogP contribution in [0.4, 0.5) is 23.2 Å². The average Bonchev–Trinajstić information content (AvgIpc) is 3.46. The van der Waals surface area contributed by atoms with E-state index in [9.17, 15) is 32.3 Å². The molecule has 4 aliphatic rings. The van der Waals surface area contributed by atoms with Gasteiger partial charge in [0.15, 0.2) is 5.69 Å². The van der Waals surface area contributed by atoms with Crippen LogP contribution < -0.4 is 4.90 Å². The Morgan fingerprint density at radius 3 is 2.42 bits per heavy atom. The summed E-state index contributed by atoms with van der Waals surface area (Å²) in [5.74, 6) is 0.375. The van der Waals surface area contributed by atoms with Crippen molar-refractivity contribution in [3.63, 3.8) is 0 Å². The normalized spacial score (nSPS) is 23.7. The van der Waals surface area contributed by atoms with Crippen LogP contribution in [0.3, 0.4) is 0 Å². The lowest BCUT2D eigenvalue weighted by molar-refractivity contribution is -0.138. The molecule has 2 aromatic rings. The lowest BCUT2D eigenvalue weighted by atomic mass is 9.92. The van der Waals surface area contributed by atoms with E-state index in [0.29, 0.717) is 43.5 Å². The largest absolute Gasteiger partial charge is 0.416 e. The van der Waals surface area contributed by atoms with Crippen molar-refractivity contribution in [2.45, 2.75) is 56.8 Å². The first kappa shape index (κ1) is 27.0. The first-order valence-electron chi connectivity index (χ1n) is 13.9. The molecule has 0 radical (unpaired) electrons. The number of nitrogens with zero attached hydrogens (tertiary/aromatic N) is 5. The summed E-state index contributed by atoms with van der Waals surface area (Å²) in [7, 11) is 0. The molecule has 6 rings (SSSR count). The zero-order valence-corrected chi connectivity index (χ0v) is 22.4. The fourth-order valence-electron chi connectivity index (χ4n) is 6.59. The Bertz CT molecular complexity index is 1330. The maximum Gasteiger partial charge on any atom is 0.416 e. The molecule has 0 spiro atoms. The van der Waals surface area contributed by atoms with E-state index in [-0.39, 0.29) is 55.8 Å². The van der Waals surface area contributed by atoms with Gasteiger partial charge in [-0.15, -0.1) is 0 Å². The number of rotatable bonds is 5. The van der Waals surface area contributed by atoms with Crippen LogP contribution in [0.15, 0.2) is 18.2 Å². The van der Waals surface area contributed by atoms with Gasteiger partial charge in [-0.25, -0.2) is 4.39 Å². The summed E-state index contributed by atoms with van der Waals surface area (Å²) in [4.78, 5) is 31.9. The van der Waals surface area contributed by atoms with Crippen LogP contribution in [0, 0.1) is 12.8 Å². The zero-order chi connectivity index (χ0) is 28.4. The lowest BCUT2D eigenvalue weighted by Gasteiger charge is -2.37. The van der Waals surface area contributed by atoms with Gasteiger partial charge in [-0.3, -0.25) is 14.3 Å². The first-order valence-corrected chi connectivity index (χ1v) is 13.9. The number of aromatic nitrogens is 2. The molecule has 1 aromatic heterocycles. The fourth-order valence-corrected chi connectivity index (χ4v) is 6.59. The molecule has 3 fully saturated rings. The van der Waals surface area contributed by atoms with Crippen LogP contribution in [-0.4, -0.2) is 88.0 Å². The number of carbonyl (C=O) groups excluding carboxylic acids is 2. The molecule has 2 atom stereocenters. The van der Waals surface area contributed by atoms with Crippen LogP contribution in [0.1, 0.15) is 58.1 Å². The molecule has 2 saturated heterocycles. The van der Waals surface area contributed by atoms with E-state index in [0.717, 1.165) is 30.2 Å². The van der Waals surface area contributed by atoms with Gasteiger partial charge in [0, 0.05) is 56.2 Å². The highest BCUT2D eigenvalue weighted by Crippen LogP contribution is 2.57. The number of halogens is 4. The Hall–Kier alpha value is -3.15. The predicted molar refractivity (Wildman–Crippen MR) is 138 cm³/mol. The summed E-state index contributed by atoms with van der Waals surface area (Å²) in [5, 5.41) is 14.8. The van der Waals surface area contributed by atoms with Crippen molar-refractivity contribution >= 4 is 17.5 Å². The van der Waals surface area contributed by atoms with Crippen molar-refractivity contribution in [3.8, 4) is 0 Å². The van der Waals surface area contributed by atoms with Gasteiger partial charge in [-0.2, -0.15) is 18.3 Å². The average molecular weight is 564 g/mol. The molecule has 8 nitrogen and oxygen atoms in total. The molecule has 216 valence electrons. The van der Waals surface area contributed by atoms with Crippen molar-refractivity contribution in [1.29, 1.82) is 0 Å². The molecule has 2 amide bonds. The molecule has 40 heavy (non-hydrogen) atoms. The van der Waals surface area contributed by atoms with Gasteiger partial charge in [-0.1, -0.05) is 6.07 Å². The number of anilines is 1. The summed E-state index contributed by atoms with van der Waals surface area (Å²) >= 11 is 0. The van der Waals surface area contributed by atoms with Gasteiger partial charge in [-0.05, 0) is 62.1 Å². The molecule has 3 heterocycles. The number of piperazine rings is 1. The quantitative estimate of drug-likeness (QED) is 0.566. The highest BCUT2D eigenvalue weighted by molar-refractivity contribution is 5.95. The van der Waals surface area contributed by atoms with Crippen molar-refractivity contribution < 1.29 is 32.3 Å². The second-order valence-corrected chi connectivity index (χ2v) is 11.6. The van der Waals surface area contributed by atoms with E-state index in [1.54, 1.807) is 20.5 Å². The van der Waals surface area contributed by atoms with E-state index in [1.807, 2.05) is 4.90 Å². The van der Waals surface area contributed by atoms with Gasteiger partial charge < -0.3 is 19.8 Å². The predicted octanol–water partition coefficient (Wildman–Crippen LogP) is 3.16. The molecule has 2 aliphatic heterocycles. The number of piperidine rings is 1. The summed E-state index contributed by atoms with van der Waals surface area (Å²) in [5.41, 5.74) is 0.895. The lowest BCUT2D eigenvalue weighted by Crippen LogP contribution is -2.50. The van der Waals surface area contributed by atoms with E-state index in [4.69, 9.17) is 0 Å². The third-order valence-corrected chi connectivity index (χ3v) is 9.15. The maximum atomic E-state index is 13.4. The zero-order valence-electron chi connectivity index (χ0n) is 22.4. The second-order valence-electron chi connectivity index (χ2n) is 11.6. The number of alkyl halides is 4. The SMILES string of the molecule is Cc1c(N2CCN(C(=O)Cn3nc(C(=O)N4CCC(O)(CF)CC4)c4c3C[C@H]3C[C@@H]43)CC2)cccc1C(F)(F)F. The number of benzene rings is 1. The third kappa shape index (κ3) is 4.73. The van der Waals surface area contributed by atoms with Crippen LogP contribution in [-0.2, 0) is 23.9 Å². The Balaban J connectivity index is 1.13. The molecule has 0 unspecified atom stereocenters. The molecule has 2 aliphatic carbocycles. The van der Waals surface area contributed by atoms with Crippen molar-refractivity contribution in [1.82, 2.24) is 19.6 Å². The highest BCUT2D eigenvalue weighted by Gasteiger charge is 2.51. The first-order chi connectivity index (χ1) is 19.0. The Morgan fingerprint density at radius 2 is 1.77 bits per heavy atom. The number of hydrogen-bond donors (Lipinski definition) is 1. The molecule has 1 aromatic carbocycles. The smallest absolute Gasteiger partial charge is 0.387 e. The summed E-state index contributed by atoms with van der Waals surface area (Å²) < 4.78 is 54.9. The number of hydrogen-bond acceptors (Lipinski definition) is 5. The van der Waals surface area contributed by atoms with E-state index in [2.05, 4.69) is 5.10 Å². The number of likely N-dealkylation sites (tertiary alicyclic amines) is 1. The van der Waals surface area contributed by atoms with Crippen LogP contribution in [0.25, 0.3) is 0 Å². The maximum absolute atomic E-state index is 13.4. The molecule has 0 bridgehead atoms. The standard InChI is InChI=1S/C28H33F4N5O3/c1-17-20(28(30,31)32)3-2-4-21(17)34-9-11-35(12-10-34)23(38)15-37-22-14-18-13-19(18)24(22)25(33-37)26(39)36-7-5-27(40,16-29)6-8-36/h2-4,18-19,40H,5-16H2,1H3/t18-,19-/m1/s1. The van der Waals surface area contributed by atoms with Gasteiger partial charge in [0.2, 0.25) is 5.91 Å². The van der Waals surface area contributed by atoms with Gasteiger partial charge in [0.1, 0.15) is 13.2 Å². The number of fused-ring (bicyclic) bond motifs is 3. The fraction of sp³-hybridized carbons (Fsp3) is 0.607. The van der Waals surface area contributed by atoms with E-state index >= 15 is 0 Å². The Labute approximate surface area is 229 Å². The molecule has 1 saturated carbocycles. The third-order valence-electron chi connectivity index (χ3n) is 9.15. The highest BCUT2D eigenvalue weighted by atomic mass is 19.4.